The topological polar surface area (TPSA) is 15.3 Å². The van der Waals surface area contributed by atoms with E-state index in [2.05, 4.69) is 31.0 Å². The molecule has 1 aromatic heterocycles. The van der Waals surface area contributed by atoms with Crippen LogP contribution in [-0.4, -0.2) is 25.0 Å². The molecule has 2 rings (SSSR count). The van der Waals surface area contributed by atoms with Crippen LogP contribution in [0.4, 0.5) is 4.39 Å². The van der Waals surface area contributed by atoms with Gasteiger partial charge >= 0.3 is 0 Å². The lowest BCUT2D eigenvalue weighted by Gasteiger charge is -2.23. The predicted molar refractivity (Wildman–Crippen MR) is 90.3 cm³/mol. The first-order chi connectivity index (χ1) is 10.1. The molecule has 0 aliphatic carbocycles. The fraction of sp³-hybridized carbons (Fsp3) is 0.529. The molecule has 0 aliphatic heterocycles. The maximum Gasteiger partial charge on any atom is 0.132 e. The van der Waals surface area contributed by atoms with Crippen molar-refractivity contribution in [2.75, 3.05) is 20.1 Å². The summed E-state index contributed by atoms with van der Waals surface area (Å²) in [4.78, 5) is 3.65. The molecule has 0 saturated carbocycles. The van der Waals surface area contributed by atoms with Gasteiger partial charge in [0.25, 0.3) is 0 Å². The average Bonchev–Trinajstić information content (AvgIpc) is 2.77. The van der Waals surface area contributed by atoms with Crippen molar-refractivity contribution in [1.29, 1.82) is 0 Å². The highest BCUT2D eigenvalue weighted by Gasteiger charge is 2.17. The van der Waals surface area contributed by atoms with Crippen LogP contribution < -0.4 is 5.32 Å². The van der Waals surface area contributed by atoms with Crippen LogP contribution in [0.1, 0.15) is 31.2 Å². The minimum Gasteiger partial charge on any atom is -0.315 e. The monoisotopic (exact) mass is 308 g/mol. The summed E-state index contributed by atoms with van der Waals surface area (Å²) in [6.45, 7) is 10.3. The first-order valence-electron chi connectivity index (χ1n) is 7.62. The molecule has 4 heteroatoms. The number of rotatable bonds is 7. The van der Waals surface area contributed by atoms with Gasteiger partial charge in [-0.15, -0.1) is 11.3 Å². The van der Waals surface area contributed by atoms with Crippen molar-refractivity contribution < 1.29 is 4.39 Å². The van der Waals surface area contributed by atoms with Gasteiger partial charge in [-0.25, -0.2) is 4.39 Å². The molecule has 0 amide bonds. The fourth-order valence-corrected chi connectivity index (χ4v) is 3.97. The Morgan fingerprint density at radius 2 is 2.10 bits per heavy atom. The normalized spacial score (nSPS) is 12.0. The highest BCUT2D eigenvalue weighted by molar-refractivity contribution is 7.19. The van der Waals surface area contributed by atoms with Gasteiger partial charge in [0, 0.05) is 34.6 Å². The molecular formula is C17H25FN2S. The molecule has 2 nitrogen and oxygen atoms in total. The Morgan fingerprint density at radius 1 is 1.33 bits per heavy atom. The molecule has 0 unspecified atom stereocenters. The third-order valence-electron chi connectivity index (χ3n) is 3.64. The smallest absolute Gasteiger partial charge is 0.132 e. The van der Waals surface area contributed by atoms with Crippen molar-refractivity contribution in [3.05, 3.63) is 34.5 Å². The second kappa shape index (κ2) is 7.34. The Bertz CT molecular complexity index is 592. The van der Waals surface area contributed by atoms with Crippen molar-refractivity contribution in [2.45, 2.75) is 33.9 Å². The SMILES string of the molecule is CCN(Cc1c(CNC)sc2cccc(F)c12)CC(C)C. The summed E-state index contributed by atoms with van der Waals surface area (Å²) in [6.07, 6.45) is 0. The Morgan fingerprint density at radius 3 is 2.71 bits per heavy atom. The number of benzene rings is 1. The zero-order valence-electron chi connectivity index (χ0n) is 13.4. The van der Waals surface area contributed by atoms with Crippen molar-refractivity contribution in [1.82, 2.24) is 10.2 Å². The Balaban J connectivity index is 2.41. The number of hydrogen-bond donors (Lipinski definition) is 1. The quantitative estimate of drug-likeness (QED) is 0.823. The zero-order chi connectivity index (χ0) is 15.4. The summed E-state index contributed by atoms with van der Waals surface area (Å²) >= 11 is 1.70. The highest BCUT2D eigenvalue weighted by atomic mass is 32.1. The fourth-order valence-electron chi connectivity index (χ4n) is 2.73. The number of nitrogens with one attached hydrogen (secondary N) is 1. The molecule has 1 N–H and O–H groups in total. The Hall–Kier alpha value is -0.970. The van der Waals surface area contributed by atoms with E-state index in [1.807, 2.05) is 13.1 Å². The summed E-state index contributed by atoms with van der Waals surface area (Å²) in [7, 11) is 1.94. The molecule has 0 bridgehead atoms. The van der Waals surface area contributed by atoms with E-state index in [4.69, 9.17) is 0 Å². The number of fused-ring (bicyclic) bond motifs is 1. The van der Waals surface area contributed by atoms with Crippen molar-refractivity contribution >= 4 is 21.4 Å². The minimum atomic E-state index is -0.0956. The van der Waals surface area contributed by atoms with E-state index in [0.717, 1.165) is 41.8 Å². The van der Waals surface area contributed by atoms with Crippen LogP contribution in [0.5, 0.6) is 0 Å². The standard InChI is InChI=1S/C17H25FN2S/c1-5-20(10-12(2)3)11-13-16(9-19-4)21-15-8-6-7-14(18)17(13)15/h6-8,12,19H,5,9-11H2,1-4H3. The van der Waals surface area contributed by atoms with Gasteiger partial charge in [-0.1, -0.05) is 26.8 Å². The van der Waals surface area contributed by atoms with Crippen LogP contribution in [0.25, 0.3) is 10.1 Å². The van der Waals surface area contributed by atoms with E-state index >= 15 is 0 Å². The third kappa shape index (κ3) is 3.82. The third-order valence-corrected chi connectivity index (χ3v) is 4.83. The first-order valence-corrected chi connectivity index (χ1v) is 8.44. The maximum atomic E-state index is 14.3. The molecule has 1 aromatic carbocycles. The van der Waals surface area contributed by atoms with Crippen molar-refractivity contribution in [3.8, 4) is 0 Å². The Kier molecular flexibility index (Phi) is 5.73. The van der Waals surface area contributed by atoms with E-state index in [9.17, 15) is 4.39 Å². The summed E-state index contributed by atoms with van der Waals surface area (Å²) < 4.78 is 15.3. The zero-order valence-corrected chi connectivity index (χ0v) is 14.2. The van der Waals surface area contributed by atoms with E-state index < -0.39 is 0 Å². The summed E-state index contributed by atoms with van der Waals surface area (Å²) in [5.74, 6) is 0.522. The lowest BCUT2D eigenvalue weighted by molar-refractivity contribution is 0.248. The number of hydrogen-bond acceptors (Lipinski definition) is 3. The van der Waals surface area contributed by atoms with Crippen LogP contribution in [0.15, 0.2) is 18.2 Å². The lowest BCUT2D eigenvalue weighted by atomic mass is 10.1. The molecule has 116 valence electrons. The second-order valence-corrected chi connectivity index (χ2v) is 7.01. The van der Waals surface area contributed by atoms with Gasteiger partial charge in [-0.05, 0) is 37.2 Å². The molecule has 2 aromatic rings. The van der Waals surface area contributed by atoms with Gasteiger partial charge in [0.05, 0.1) is 0 Å². The summed E-state index contributed by atoms with van der Waals surface area (Å²) in [6, 6.07) is 5.39. The predicted octanol–water partition coefficient (Wildman–Crippen LogP) is 4.24. The molecule has 0 fully saturated rings. The van der Waals surface area contributed by atoms with Gasteiger partial charge in [0.1, 0.15) is 5.82 Å². The molecule has 0 saturated heterocycles. The van der Waals surface area contributed by atoms with E-state index in [0.29, 0.717) is 5.92 Å². The average molecular weight is 308 g/mol. The van der Waals surface area contributed by atoms with Gasteiger partial charge in [-0.2, -0.15) is 0 Å². The Labute approximate surface area is 131 Å². The van der Waals surface area contributed by atoms with E-state index in [1.54, 1.807) is 23.5 Å². The molecule has 1 heterocycles. The molecule has 21 heavy (non-hydrogen) atoms. The first kappa shape index (κ1) is 16.4. The van der Waals surface area contributed by atoms with Gasteiger partial charge in [0.15, 0.2) is 0 Å². The molecular weight excluding hydrogens is 283 g/mol. The van der Waals surface area contributed by atoms with Crippen molar-refractivity contribution in [3.63, 3.8) is 0 Å². The van der Waals surface area contributed by atoms with Gasteiger partial charge in [-0.3, -0.25) is 4.90 Å². The summed E-state index contributed by atoms with van der Waals surface area (Å²) in [5, 5.41) is 4.02. The van der Waals surface area contributed by atoms with E-state index in [1.165, 1.54) is 4.88 Å². The lowest BCUT2D eigenvalue weighted by Crippen LogP contribution is -2.27. The van der Waals surface area contributed by atoms with E-state index in [-0.39, 0.29) is 5.82 Å². The molecule has 0 aliphatic rings. The van der Waals surface area contributed by atoms with Gasteiger partial charge < -0.3 is 5.32 Å². The number of halogens is 1. The number of nitrogens with zero attached hydrogens (tertiary/aromatic N) is 1. The maximum absolute atomic E-state index is 14.3. The van der Waals surface area contributed by atoms with Crippen molar-refractivity contribution in [2.24, 2.45) is 5.92 Å². The number of thiophene rings is 1. The van der Waals surface area contributed by atoms with Crippen LogP contribution in [-0.2, 0) is 13.1 Å². The van der Waals surface area contributed by atoms with Crippen LogP contribution in [0, 0.1) is 11.7 Å². The molecule has 0 atom stereocenters. The largest absolute Gasteiger partial charge is 0.315 e. The van der Waals surface area contributed by atoms with Crippen LogP contribution in [0.3, 0.4) is 0 Å². The second-order valence-electron chi connectivity index (χ2n) is 5.87. The minimum absolute atomic E-state index is 0.0956. The highest BCUT2D eigenvalue weighted by Crippen LogP contribution is 2.34. The van der Waals surface area contributed by atoms with Crippen LogP contribution in [0.2, 0.25) is 0 Å². The summed E-state index contributed by atoms with van der Waals surface area (Å²) in [5.41, 5.74) is 1.16. The molecule has 0 spiro atoms. The molecule has 0 radical (unpaired) electrons. The van der Waals surface area contributed by atoms with Gasteiger partial charge in [0.2, 0.25) is 0 Å². The van der Waals surface area contributed by atoms with Crippen LogP contribution >= 0.6 is 11.3 Å².